The SMILES string of the molecule is CC1(C)CN(C(=O)C2CCCC(N)C2)CCN1Cc1ccccc1.Cl.Cl. The van der Waals surface area contributed by atoms with Crippen LogP contribution < -0.4 is 5.73 Å². The highest BCUT2D eigenvalue weighted by Gasteiger charge is 2.38. The van der Waals surface area contributed by atoms with E-state index in [9.17, 15) is 4.79 Å². The Morgan fingerprint density at radius 1 is 1.15 bits per heavy atom. The fourth-order valence-electron chi connectivity index (χ4n) is 4.19. The Hall–Kier alpha value is -0.810. The summed E-state index contributed by atoms with van der Waals surface area (Å²) in [6.07, 6.45) is 4.04. The van der Waals surface area contributed by atoms with Crippen molar-refractivity contribution in [2.75, 3.05) is 19.6 Å². The van der Waals surface area contributed by atoms with Gasteiger partial charge >= 0.3 is 0 Å². The zero-order valence-corrected chi connectivity index (χ0v) is 17.5. The second-order valence-electron chi connectivity index (χ2n) is 8.10. The molecule has 4 nitrogen and oxygen atoms in total. The zero-order valence-electron chi connectivity index (χ0n) is 15.9. The molecular formula is C20H33Cl2N3O. The van der Waals surface area contributed by atoms with Crippen LogP contribution in [0.3, 0.4) is 0 Å². The maximum Gasteiger partial charge on any atom is 0.225 e. The largest absolute Gasteiger partial charge is 0.339 e. The van der Waals surface area contributed by atoms with Crippen molar-refractivity contribution in [3.8, 4) is 0 Å². The molecule has 0 aromatic heterocycles. The summed E-state index contributed by atoms with van der Waals surface area (Å²) in [5.74, 6) is 0.475. The number of piperazine rings is 1. The Balaban J connectivity index is 0.00000169. The first-order valence-corrected chi connectivity index (χ1v) is 9.29. The molecule has 1 saturated carbocycles. The lowest BCUT2D eigenvalue weighted by atomic mass is 9.84. The van der Waals surface area contributed by atoms with Gasteiger partial charge in [-0.25, -0.2) is 0 Å². The standard InChI is InChI=1S/C20H31N3O.2ClH/c1-20(2)15-22(19(24)17-9-6-10-18(21)13-17)11-12-23(20)14-16-7-4-3-5-8-16;;/h3-5,7-8,17-18H,6,9-15,21H2,1-2H3;2*1H. The molecule has 2 fully saturated rings. The van der Waals surface area contributed by atoms with Gasteiger partial charge in [0.2, 0.25) is 5.91 Å². The summed E-state index contributed by atoms with van der Waals surface area (Å²) in [7, 11) is 0. The molecule has 26 heavy (non-hydrogen) atoms. The Bertz CT molecular complexity index is 567. The number of amides is 1. The van der Waals surface area contributed by atoms with E-state index in [4.69, 9.17) is 5.73 Å². The minimum Gasteiger partial charge on any atom is -0.339 e. The van der Waals surface area contributed by atoms with Crippen molar-refractivity contribution >= 4 is 30.7 Å². The van der Waals surface area contributed by atoms with E-state index in [1.54, 1.807) is 0 Å². The van der Waals surface area contributed by atoms with Crippen LogP contribution in [0.5, 0.6) is 0 Å². The van der Waals surface area contributed by atoms with E-state index in [2.05, 4.69) is 54.0 Å². The lowest BCUT2D eigenvalue weighted by Crippen LogP contribution is -2.61. The van der Waals surface area contributed by atoms with E-state index in [0.29, 0.717) is 5.91 Å². The quantitative estimate of drug-likeness (QED) is 0.842. The molecule has 0 spiro atoms. The van der Waals surface area contributed by atoms with Gasteiger partial charge < -0.3 is 10.6 Å². The van der Waals surface area contributed by atoms with Crippen LogP contribution in [0, 0.1) is 5.92 Å². The van der Waals surface area contributed by atoms with Gasteiger partial charge in [-0.2, -0.15) is 0 Å². The van der Waals surface area contributed by atoms with Crippen LogP contribution in [0.15, 0.2) is 30.3 Å². The van der Waals surface area contributed by atoms with Crippen LogP contribution in [-0.4, -0.2) is 46.9 Å². The minimum atomic E-state index is 0. The normalized spacial score (nSPS) is 25.7. The maximum absolute atomic E-state index is 12.9. The Morgan fingerprint density at radius 2 is 1.85 bits per heavy atom. The molecule has 1 saturated heterocycles. The summed E-state index contributed by atoms with van der Waals surface area (Å²) in [4.78, 5) is 17.5. The van der Waals surface area contributed by atoms with Gasteiger partial charge in [0.15, 0.2) is 0 Å². The summed E-state index contributed by atoms with van der Waals surface area (Å²) in [5, 5.41) is 0. The number of hydrogen-bond donors (Lipinski definition) is 1. The predicted molar refractivity (Wildman–Crippen MR) is 112 cm³/mol. The summed E-state index contributed by atoms with van der Waals surface area (Å²) in [5.41, 5.74) is 7.41. The van der Waals surface area contributed by atoms with E-state index < -0.39 is 0 Å². The van der Waals surface area contributed by atoms with Crippen molar-refractivity contribution in [1.29, 1.82) is 0 Å². The van der Waals surface area contributed by atoms with Gasteiger partial charge in [-0.05, 0) is 38.7 Å². The first-order chi connectivity index (χ1) is 11.5. The molecular weight excluding hydrogens is 369 g/mol. The molecule has 1 heterocycles. The smallest absolute Gasteiger partial charge is 0.225 e. The van der Waals surface area contributed by atoms with E-state index >= 15 is 0 Å². The number of benzene rings is 1. The number of hydrogen-bond acceptors (Lipinski definition) is 3. The number of rotatable bonds is 3. The summed E-state index contributed by atoms with van der Waals surface area (Å²) in [6.45, 7) is 8.03. The van der Waals surface area contributed by atoms with E-state index in [1.807, 2.05) is 0 Å². The van der Waals surface area contributed by atoms with E-state index in [-0.39, 0.29) is 42.3 Å². The molecule has 2 atom stereocenters. The monoisotopic (exact) mass is 401 g/mol. The number of nitrogens with zero attached hydrogens (tertiary/aromatic N) is 2. The van der Waals surface area contributed by atoms with Crippen LogP contribution in [0.25, 0.3) is 0 Å². The predicted octanol–water partition coefficient (Wildman–Crippen LogP) is 3.47. The first kappa shape index (κ1) is 23.2. The molecule has 1 amide bonds. The van der Waals surface area contributed by atoms with Crippen molar-refractivity contribution in [2.45, 2.75) is 57.7 Å². The third-order valence-corrected chi connectivity index (χ3v) is 5.67. The molecule has 3 rings (SSSR count). The average molecular weight is 402 g/mol. The molecule has 0 radical (unpaired) electrons. The molecule has 1 aromatic rings. The van der Waals surface area contributed by atoms with Crippen molar-refractivity contribution < 1.29 is 4.79 Å². The lowest BCUT2D eigenvalue weighted by Gasteiger charge is -2.48. The van der Waals surface area contributed by atoms with E-state index in [0.717, 1.165) is 51.9 Å². The molecule has 1 aliphatic carbocycles. The van der Waals surface area contributed by atoms with Gasteiger partial charge in [-0.3, -0.25) is 9.69 Å². The highest BCUT2D eigenvalue weighted by Crippen LogP contribution is 2.29. The topological polar surface area (TPSA) is 49.6 Å². The summed E-state index contributed by atoms with van der Waals surface area (Å²) >= 11 is 0. The number of nitrogens with two attached hydrogens (primary N) is 1. The second-order valence-corrected chi connectivity index (χ2v) is 8.10. The third kappa shape index (κ3) is 5.59. The van der Waals surface area contributed by atoms with Gasteiger partial charge in [0.25, 0.3) is 0 Å². The second kappa shape index (κ2) is 9.93. The van der Waals surface area contributed by atoms with Crippen molar-refractivity contribution in [1.82, 2.24) is 9.80 Å². The van der Waals surface area contributed by atoms with Crippen LogP contribution >= 0.6 is 24.8 Å². The number of carbonyl (C=O) groups excluding carboxylic acids is 1. The Labute approximate surface area is 170 Å². The molecule has 1 aliphatic heterocycles. The third-order valence-electron chi connectivity index (χ3n) is 5.67. The molecule has 2 aliphatic rings. The maximum atomic E-state index is 12.9. The number of halogens is 2. The average Bonchev–Trinajstić information content (AvgIpc) is 2.57. The van der Waals surface area contributed by atoms with E-state index in [1.165, 1.54) is 5.56 Å². The van der Waals surface area contributed by atoms with Crippen LogP contribution in [0.4, 0.5) is 0 Å². The van der Waals surface area contributed by atoms with Gasteiger partial charge in [-0.1, -0.05) is 36.8 Å². The highest BCUT2D eigenvalue weighted by atomic mass is 35.5. The zero-order chi connectivity index (χ0) is 17.2. The molecule has 2 unspecified atom stereocenters. The van der Waals surface area contributed by atoms with Gasteiger partial charge in [0, 0.05) is 43.7 Å². The van der Waals surface area contributed by atoms with Crippen LogP contribution in [-0.2, 0) is 11.3 Å². The lowest BCUT2D eigenvalue weighted by molar-refractivity contribution is -0.142. The molecule has 6 heteroatoms. The van der Waals surface area contributed by atoms with Crippen molar-refractivity contribution in [3.05, 3.63) is 35.9 Å². The Kier molecular flexibility index (Phi) is 8.87. The van der Waals surface area contributed by atoms with Crippen LogP contribution in [0.2, 0.25) is 0 Å². The summed E-state index contributed by atoms with van der Waals surface area (Å²) in [6, 6.07) is 10.8. The number of carbonyl (C=O) groups is 1. The fraction of sp³-hybridized carbons (Fsp3) is 0.650. The van der Waals surface area contributed by atoms with Crippen molar-refractivity contribution in [2.24, 2.45) is 11.7 Å². The molecule has 2 N–H and O–H groups in total. The van der Waals surface area contributed by atoms with Gasteiger partial charge in [0.1, 0.15) is 0 Å². The highest BCUT2D eigenvalue weighted by molar-refractivity contribution is 5.85. The Morgan fingerprint density at radius 3 is 2.46 bits per heavy atom. The minimum absolute atomic E-state index is 0. The first-order valence-electron chi connectivity index (χ1n) is 9.29. The molecule has 1 aromatic carbocycles. The summed E-state index contributed by atoms with van der Waals surface area (Å²) < 4.78 is 0. The molecule has 0 bridgehead atoms. The van der Waals surface area contributed by atoms with Crippen LogP contribution in [0.1, 0.15) is 45.1 Å². The van der Waals surface area contributed by atoms with Crippen molar-refractivity contribution in [3.63, 3.8) is 0 Å². The van der Waals surface area contributed by atoms with Gasteiger partial charge in [0.05, 0.1) is 0 Å². The fourth-order valence-corrected chi connectivity index (χ4v) is 4.19. The van der Waals surface area contributed by atoms with Gasteiger partial charge in [-0.15, -0.1) is 24.8 Å². The molecule has 148 valence electrons.